The number of aromatic nitrogens is 2. The van der Waals surface area contributed by atoms with Crippen LogP contribution in [0.5, 0.6) is 0 Å². The van der Waals surface area contributed by atoms with E-state index in [2.05, 4.69) is 4.98 Å². The van der Waals surface area contributed by atoms with E-state index in [1.54, 1.807) is 0 Å². The van der Waals surface area contributed by atoms with Crippen LogP contribution in [0.15, 0.2) is 15.7 Å². The van der Waals surface area contributed by atoms with Gasteiger partial charge in [0.2, 0.25) is 0 Å². The van der Waals surface area contributed by atoms with Crippen LogP contribution in [-0.4, -0.2) is 33.6 Å². The summed E-state index contributed by atoms with van der Waals surface area (Å²) < 4.78 is 0. The second kappa shape index (κ2) is 3.26. The molecule has 1 saturated heterocycles. The van der Waals surface area contributed by atoms with Crippen molar-refractivity contribution in [3.8, 4) is 0 Å². The average Bonchev–Trinajstić information content (AvgIpc) is 1.97. The van der Waals surface area contributed by atoms with Gasteiger partial charge in [0.25, 0.3) is 5.56 Å². The van der Waals surface area contributed by atoms with Crippen molar-refractivity contribution in [2.24, 2.45) is 0 Å². The number of carbonyl (C=O) groups is 1. The number of H-pyrrole nitrogens is 2. The number of rotatable bonds is 2. The van der Waals surface area contributed by atoms with Crippen molar-refractivity contribution in [2.75, 3.05) is 11.4 Å². The predicted molar refractivity (Wildman–Crippen MR) is 51.1 cm³/mol. The van der Waals surface area contributed by atoms with Gasteiger partial charge in [0, 0.05) is 12.6 Å². The van der Waals surface area contributed by atoms with Gasteiger partial charge in [-0.15, -0.1) is 0 Å². The van der Waals surface area contributed by atoms with Crippen LogP contribution in [0.25, 0.3) is 0 Å². The minimum Gasteiger partial charge on any atom is -0.480 e. The molecule has 2 rings (SSSR count). The van der Waals surface area contributed by atoms with E-state index in [1.165, 1.54) is 11.0 Å². The Bertz CT molecular complexity index is 475. The van der Waals surface area contributed by atoms with Crippen LogP contribution in [0.1, 0.15) is 6.42 Å². The molecule has 0 bridgehead atoms. The number of hydrogen-bond acceptors (Lipinski definition) is 4. The van der Waals surface area contributed by atoms with Gasteiger partial charge in [-0.3, -0.25) is 14.8 Å². The summed E-state index contributed by atoms with van der Waals surface area (Å²) in [5, 5.41) is 8.78. The van der Waals surface area contributed by atoms with Crippen molar-refractivity contribution < 1.29 is 9.90 Å². The fraction of sp³-hybridized carbons (Fsp3) is 0.375. The first-order valence-electron chi connectivity index (χ1n) is 4.41. The molecule has 7 nitrogen and oxygen atoms in total. The van der Waals surface area contributed by atoms with Crippen molar-refractivity contribution in [2.45, 2.75) is 12.5 Å². The highest BCUT2D eigenvalue weighted by Crippen LogP contribution is 2.22. The molecule has 3 N–H and O–H groups in total. The highest BCUT2D eigenvalue weighted by Gasteiger charge is 2.34. The molecule has 15 heavy (non-hydrogen) atoms. The van der Waals surface area contributed by atoms with Crippen LogP contribution in [0, 0.1) is 0 Å². The number of nitrogens with one attached hydrogen (secondary N) is 2. The summed E-state index contributed by atoms with van der Waals surface area (Å²) >= 11 is 0. The first kappa shape index (κ1) is 9.50. The van der Waals surface area contributed by atoms with Crippen LogP contribution in [-0.2, 0) is 4.79 Å². The lowest BCUT2D eigenvalue weighted by Gasteiger charge is -2.38. The smallest absolute Gasteiger partial charge is 0.327 e. The molecule has 1 aromatic heterocycles. The van der Waals surface area contributed by atoms with Crippen molar-refractivity contribution in [3.63, 3.8) is 0 Å². The molecule has 0 amide bonds. The van der Waals surface area contributed by atoms with E-state index >= 15 is 0 Å². The van der Waals surface area contributed by atoms with Crippen LogP contribution >= 0.6 is 0 Å². The zero-order valence-corrected chi connectivity index (χ0v) is 7.69. The lowest BCUT2D eigenvalue weighted by molar-refractivity contribution is -0.140. The first-order valence-corrected chi connectivity index (χ1v) is 4.41. The Morgan fingerprint density at radius 3 is 2.67 bits per heavy atom. The summed E-state index contributed by atoms with van der Waals surface area (Å²) in [7, 11) is 0. The molecule has 80 valence electrons. The molecule has 1 aromatic rings. The summed E-state index contributed by atoms with van der Waals surface area (Å²) in [5.74, 6) is -0.704. The zero-order valence-electron chi connectivity index (χ0n) is 7.69. The fourth-order valence-corrected chi connectivity index (χ4v) is 1.54. The van der Waals surface area contributed by atoms with Gasteiger partial charge in [0.1, 0.15) is 11.9 Å². The van der Waals surface area contributed by atoms with Gasteiger partial charge in [-0.1, -0.05) is 0 Å². The summed E-state index contributed by atoms with van der Waals surface area (Å²) in [5.41, 5.74) is -1.17. The minimum atomic E-state index is -0.956. The number of nitrogens with zero attached hydrogens (tertiary/aromatic N) is 1. The Morgan fingerprint density at radius 2 is 2.20 bits per heavy atom. The SMILES string of the molecule is O=C(O)C1CCN1c1cc(=O)[nH]c(=O)[nH]1. The second-order valence-electron chi connectivity index (χ2n) is 3.31. The Balaban J connectivity index is 2.34. The van der Waals surface area contributed by atoms with E-state index in [0.29, 0.717) is 13.0 Å². The molecule has 0 radical (unpaired) electrons. The summed E-state index contributed by atoms with van der Waals surface area (Å²) in [4.78, 5) is 38.5. The van der Waals surface area contributed by atoms with Crippen molar-refractivity contribution >= 4 is 11.8 Å². The third-order valence-corrected chi connectivity index (χ3v) is 2.36. The van der Waals surface area contributed by atoms with Crippen molar-refractivity contribution in [3.05, 3.63) is 26.9 Å². The topological polar surface area (TPSA) is 106 Å². The van der Waals surface area contributed by atoms with Crippen molar-refractivity contribution in [1.29, 1.82) is 0 Å². The summed E-state index contributed by atoms with van der Waals surface area (Å²) in [6.07, 6.45) is 0.518. The zero-order chi connectivity index (χ0) is 11.0. The lowest BCUT2D eigenvalue weighted by Crippen LogP contribution is -2.53. The number of anilines is 1. The van der Waals surface area contributed by atoms with Gasteiger partial charge < -0.3 is 10.0 Å². The lowest BCUT2D eigenvalue weighted by atomic mass is 10.0. The molecule has 0 aromatic carbocycles. The molecule has 1 fully saturated rings. The van der Waals surface area contributed by atoms with Crippen LogP contribution in [0.3, 0.4) is 0 Å². The molecule has 1 aliphatic rings. The molecule has 0 aliphatic carbocycles. The molecule has 2 heterocycles. The van der Waals surface area contributed by atoms with E-state index in [4.69, 9.17) is 5.11 Å². The number of carboxylic acid groups (broad SMARTS) is 1. The quantitative estimate of drug-likeness (QED) is 0.565. The van der Waals surface area contributed by atoms with Crippen molar-refractivity contribution in [1.82, 2.24) is 9.97 Å². The van der Waals surface area contributed by atoms with E-state index in [1.807, 2.05) is 4.98 Å². The van der Waals surface area contributed by atoms with E-state index < -0.39 is 23.3 Å². The molecule has 1 aliphatic heterocycles. The predicted octanol–water partition coefficient (Wildman–Crippen LogP) is -1.27. The Hall–Kier alpha value is -2.05. The number of aliphatic carboxylic acids is 1. The average molecular weight is 211 g/mol. The molecule has 7 heteroatoms. The third kappa shape index (κ3) is 1.63. The minimum absolute atomic E-state index is 0.252. The standard InChI is InChI=1S/C8H9N3O4/c12-6-3-5(9-8(15)10-6)11-2-1-4(11)7(13)14/h3-4H,1-2H2,(H,13,14)(H2,9,10,12,15). The van der Waals surface area contributed by atoms with Gasteiger partial charge in [0.15, 0.2) is 0 Å². The molecule has 0 saturated carbocycles. The molecule has 1 unspecified atom stereocenters. The van der Waals surface area contributed by atoms with Gasteiger partial charge in [-0.25, -0.2) is 9.59 Å². The van der Waals surface area contributed by atoms with E-state index in [0.717, 1.165) is 0 Å². The maximum absolute atomic E-state index is 11.0. The summed E-state index contributed by atoms with van der Waals surface area (Å²) in [6, 6.07) is 0.527. The van der Waals surface area contributed by atoms with Crippen LogP contribution in [0.2, 0.25) is 0 Å². The first-order chi connectivity index (χ1) is 7.08. The Labute approximate surface area is 83.4 Å². The third-order valence-electron chi connectivity index (χ3n) is 2.36. The number of aromatic amines is 2. The van der Waals surface area contributed by atoms with Gasteiger partial charge in [-0.05, 0) is 6.42 Å². The Kier molecular flexibility index (Phi) is 2.07. The Morgan fingerprint density at radius 1 is 1.47 bits per heavy atom. The number of carboxylic acids is 1. The maximum atomic E-state index is 11.0. The second-order valence-corrected chi connectivity index (χ2v) is 3.31. The fourth-order valence-electron chi connectivity index (χ4n) is 1.54. The maximum Gasteiger partial charge on any atom is 0.327 e. The highest BCUT2D eigenvalue weighted by atomic mass is 16.4. The number of hydrogen-bond donors (Lipinski definition) is 3. The largest absolute Gasteiger partial charge is 0.480 e. The molecule has 1 atom stereocenters. The van der Waals surface area contributed by atoms with Gasteiger partial charge >= 0.3 is 11.7 Å². The van der Waals surface area contributed by atoms with E-state index in [-0.39, 0.29) is 5.82 Å². The highest BCUT2D eigenvalue weighted by molar-refractivity contribution is 5.79. The normalized spacial score (nSPS) is 19.7. The van der Waals surface area contributed by atoms with Crippen LogP contribution in [0.4, 0.5) is 5.82 Å². The van der Waals surface area contributed by atoms with Gasteiger partial charge in [0.05, 0.1) is 0 Å². The molecular weight excluding hydrogens is 202 g/mol. The monoisotopic (exact) mass is 211 g/mol. The molecule has 0 spiro atoms. The molecular formula is C8H9N3O4. The summed E-state index contributed by atoms with van der Waals surface area (Å²) in [6.45, 7) is 0.524. The van der Waals surface area contributed by atoms with Crippen LogP contribution < -0.4 is 16.1 Å². The van der Waals surface area contributed by atoms with E-state index in [9.17, 15) is 14.4 Å². The van der Waals surface area contributed by atoms with Gasteiger partial charge in [-0.2, -0.15) is 0 Å².